The summed E-state index contributed by atoms with van der Waals surface area (Å²) in [5.41, 5.74) is 1.81. The number of benzene rings is 3. The smallest absolute Gasteiger partial charge is 0.246 e. The summed E-state index contributed by atoms with van der Waals surface area (Å²) in [7, 11) is 0. The highest BCUT2D eigenvalue weighted by molar-refractivity contribution is 6.32. The van der Waals surface area contributed by atoms with Gasteiger partial charge < -0.3 is 5.11 Å². The predicted octanol–water partition coefficient (Wildman–Crippen LogP) is 5.77. The van der Waals surface area contributed by atoms with Crippen molar-refractivity contribution >= 4 is 29.1 Å². The standard InChI is InChI=1S/C28H22ClNO3/c1-2-18-13-16-24-26(32)30(22-10-6-9-21(29)17-22)27(33)28(24,20-7-4-3-5-8-20)25(18)19-11-14-23(31)15-12-19/h2-15,17,24-25,31H,1,16H2/t24-,25+,28+/m0/s1. The number of rotatable bonds is 4. The number of fused-ring (bicyclic) bond motifs is 1. The number of nitrogens with zero attached hydrogens (tertiary/aromatic N) is 1. The van der Waals surface area contributed by atoms with E-state index < -0.39 is 17.3 Å². The summed E-state index contributed by atoms with van der Waals surface area (Å²) in [6, 6.07) is 23.2. The van der Waals surface area contributed by atoms with Gasteiger partial charge in [0.2, 0.25) is 11.8 Å². The molecule has 33 heavy (non-hydrogen) atoms. The average Bonchev–Trinajstić information content (AvgIpc) is 3.07. The molecule has 3 atom stereocenters. The van der Waals surface area contributed by atoms with Gasteiger partial charge in [0.25, 0.3) is 0 Å². The number of phenols is 1. The molecule has 0 unspecified atom stereocenters. The van der Waals surface area contributed by atoms with Crippen LogP contribution in [0, 0.1) is 5.92 Å². The van der Waals surface area contributed by atoms with E-state index in [1.54, 1.807) is 42.5 Å². The minimum Gasteiger partial charge on any atom is -0.508 e. The molecular formula is C28H22ClNO3. The van der Waals surface area contributed by atoms with Crippen molar-refractivity contribution in [3.63, 3.8) is 0 Å². The van der Waals surface area contributed by atoms with Crippen molar-refractivity contribution in [1.82, 2.24) is 0 Å². The van der Waals surface area contributed by atoms with Crippen molar-refractivity contribution in [2.24, 2.45) is 5.92 Å². The van der Waals surface area contributed by atoms with E-state index in [9.17, 15) is 14.7 Å². The predicted molar refractivity (Wildman–Crippen MR) is 129 cm³/mol. The van der Waals surface area contributed by atoms with Crippen LogP contribution in [0.3, 0.4) is 0 Å². The van der Waals surface area contributed by atoms with Crippen LogP contribution in [0.25, 0.3) is 0 Å². The first-order chi connectivity index (χ1) is 16.0. The van der Waals surface area contributed by atoms with Crippen LogP contribution >= 0.6 is 11.6 Å². The molecule has 5 heteroatoms. The number of anilines is 1. The summed E-state index contributed by atoms with van der Waals surface area (Å²) in [5.74, 6) is -1.42. The Balaban J connectivity index is 1.80. The maximum atomic E-state index is 14.4. The Labute approximate surface area is 197 Å². The Morgan fingerprint density at radius 1 is 1.00 bits per heavy atom. The lowest BCUT2D eigenvalue weighted by Gasteiger charge is -2.43. The van der Waals surface area contributed by atoms with Gasteiger partial charge in [-0.25, -0.2) is 4.90 Å². The lowest BCUT2D eigenvalue weighted by Crippen LogP contribution is -2.48. The van der Waals surface area contributed by atoms with Gasteiger partial charge in [0, 0.05) is 10.9 Å². The van der Waals surface area contributed by atoms with Gasteiger partial charge >= 0.3 is 0 Å². The Hall–Kier alpha value is -3.63. The summed E-state index contributed by atoms with van der Waals surface area (Å²) in [5, 5.41) is 10.3. The zero-order valence-electron chi connectivity index (χ0n) is 17.8. The molecule has 1 aliphatic carbocycles. The highest BCUT2D eigenvalue weighted by Gasteiger charge is 2.65. The molecule has 5 rings (SSSR count). The summed E-state index contributed by atoms with van der Waals surface area (Å²) in [6.07, 6.45) is 4.19. The van der Waals surface area contributed by atoms with Crippen LogP contribution in [0.1, 0.15) is 23.5 Å². The van der Waals surface area contributed by atoms with E-state index in [0.717, 1.165) is 16.7 Å². The second-order valence-corrected chi connectivity index (χ2v) is 8.85. The van der Waals surface area contributed by atoms with Crippen LogP contribution in [0.2, 0.25) is 5.02 Å². The van der Waals surface area contributed by atoms with E-state index in [2.05, 4.69) is 6.58 Å². The highest BCUT2D eigenvalue weighted by Crippen LogP contribution is 2.58. The van der Waals surface area contributed by atoms with Crippen molar-refractivity contribution < 1.29 is 14.7 Å². The van der Waals surface area contributed by atoms with Crippen LogP contribution in [-0.2, 0) is 15.0 Å². The van der Waals surface area contributed by atoms with E-state index in [1.165, 1.54) is 4.90 Å². The average molecular weight is 456 g/mol. The third-order valence-electron chi connectivity index (χ3n) is 6.78. The SMILES string of the molecule is C=CC1=CC[C@H]2C(=O)N(c3cccc(Cl)c3)C(=O)[C@@]2(c2ccccc2)[C@H]1c1ccc(O)cc1. The second-order valence-electron chi connectivity index (χ2n) is 8.41. The van der Waals surface area contributed by atoms with E-state index >= 15 is 0 Å². The topological polar surface area (TPSA) is 57.6 Å². The Bertz CT molecular complexity index is 1280. The highest BCUT2D eigenvalue weighted by atomic mass is 35.5. The molecule has 1 aliphatic heterocycles. The number of imide groups is 1. The van der Waals surface area contributed by atoms with Crippen LogP contribution in [-0.4, -0.2) is 16.9 Å². The molecule has 0 radical (unpaired) electrons. The summed E-state index contributed by atoms with van der Waals surface area (Å²) in [6.45, 7) is 4.00. The molecule has 164 valence electrons. The number of allylic oxidation sites excluding steroid dienone is 3. The fourth-order valence-corrected chi connectivity index (χ4v) is 5.60. The Kier molecular flexibility index (Phi) is 5.18. The van der Waals surface area contributed by atoms with Gasteiger partial charge in [0.1, 0.15) is 5.75 Å². The summed E-state index contributed by atoms with van der Waals surface area (Å²) in [4.78, 5) is 29.6. The number of hydrogen-bond donors (Lipinski definition) is 1. The normalized spacial score (nSPS) is 24.4. The summed E-state index contributed by atoms with van der Waals surface area (Å²) >= 11 is 6.21. The first-order valence-electron chi connectivity index (χ1n) is 10.8. The van der Waals surface area contributed by atoms with Crippen molar-refractivity contribution in [3.05, 3.63) is 119 Å². The lowest BCUT2D eigenvalue weighted by molar-refractivity contribution is -0.123. The van der Waals surface area contributed by atoms with Crippen molar-refractivity contribution in [3.8, 4) is 5.75 Å². The van der Waals surface area contributed by atoms with Gasteiger partial charge in [-0.15, -0.1) is 0 Å². The molecule has 2 aliphatic rings. The quantitative estimate of drug-likeness (QED) is 0.508. The molecule has 0 aromatic heterocycles. The lowest BCUT2D eigenvalue weighted by atomic mass is 9.56. The molecule has 1 saturated heterocycles. The molecule has 0 saturated carbocycles. The number of amides is 2. The van der Waals surface area contributed by atoms with Crippen molar-refractivity contribution in [1.29, 1.82) is 0 Å². The number of carbonyl (C=O) groups is 2. The van der Waals surface area contributed by atoms with Crippen molar-refractivity contribution in [2.75, 3.05) is 4.90 Å². The zero-order chi connectivity index (χ0) is 23.2. The van der Waals surface area contributed by atoms with Gasteiger partial charge in [-0.05, 0) is 53.5 Å². The Morgan fingerprint density at radius 3 is 2.39 bits per heavy atom. The number of phenolic OH excluding ortho intramolecular Hbond substituents is 1. The molecule has 0 spiro atoms. The molecule has 1 N–H and O–H groups in total. The van der Waals surface area contributed by atoms with Gasteiger partial charge in [0.15, 0.2) is 0 Å². The maximum Gasteiger partial charge on any atom is 0.246 e. The molecule has 3 aromatic rings. The van der Waals surface area contributed by atoms with Crippen LogP contribution in [0.4, 0.5) is 5.69 Å². The first-order valence-corrected chi connectivity index (χ1v) is 11.2. The fraction of sp³-hybridized carbons (Fsp3) is 0.143. The number of halogens is 1. The molecule has 2 amide bonds. The molecule has 3 aromatic carbocycles. The maximum absolute atomic E-state index is 14.4. The van der Waals surface area contributed by atoms with Crippen LogP contribution in [0.5, 0.6) is 5.75 Å². The van der Waals surface area contributed by atoms with Gasteiger partial charge in [0.05, 0.1) is 17.0 Å². The molecular weight excluding hydrogens is 434 g/mol. The van der Waals surface area contributed by atoms with Crippen LogP contribution in [0.15, 0.2) is 103 Å². The zero-order valence-corrected chi connectivity index (χ0v) is 18.6. The molecule has 4 nitrogen and oxygen atoms in total. The first kappa shape index (κ1) is 21.2. The molecule has 1 heterocycles. The molecule has 1 fully saturated rings. The van der Waals surface area contributed by atoms with Gasteiger partial charge in [-0.2, -0.15) is 0 Å². The minimum absolute atomic E-state index is 0.137. The van der Waals surface area contributed by atoms with Gasteiger partial charge in [-0.3, -0.25) is 9.59 Å². The van der Waals surface area contributed by atoms with E-state index in [1.807, 2.05) is 48.5 Å². The number of aromatic hydroxyl groups is 1. The fourth-order valence-electron chi connectivity index (χ4n) is 5.42. The van der Waals surface area contributed by atoms with E-state index in [0.29, 0.717) is 17.1 Å². The third kappa shape index (κ3) is 3.13. The number of carbonyl (C=O) groups excluding carboxylic acids is 2. The third-order valence-corrected chi connectivity index (χ3v) is 7.02. The largest absolute Gasteiger partial charge is 0.508 e. The monoisotopic (exact) mass is 455 g/mol. The summed E-state index contributed by atoms with van der Waals surface area (Å²) < 4.78 is 0. The van der Waals surface area contributed by atoms with E-state index in [-0.39, 0.29) is 17.6 Å². The van der Waals surface area contributed by atoms with Crippen molar-refractivity contribution in [2.45, 2.75) is 17.8 Å². The van der Waals surface area contributed by atoms with Crippen LogP contribution < -0.4 is 4.90 Å². The Morgan fingerprint density at radius 2 is 1.73 bits per heavy atom. The van der Waals surface area contributed by atoms with E-state index in [4.69, 9.17) is 11.6 Å². The second kappa shape index (κ2) is 8.05. The molecule has 0 bridgehead atoms. The minimum atomic E-state index is -1.16. The van der Waals surface area contributed by atoms with Gasteiger partial charge in [-0.1, -0.05) is 78.9 Å². The number of hydrogen-bond acceptors (Lipinski definition) is 3.